The minimum atomic E-state index is -1.05. The fraction of sp³-hybridized carbons (Fsp3) is 0.556. The van der Waals surface area contributed by atoms with Gasteiger partial charge in [-0.05, 0) is 112 Å². The third kappa shape index (κ3) is 10.3. The number of likely N-dealkylation sites (N-methyl/N-ethyl adjacent to an activating group) is 1. The van der Waals surface area contributed by atoms with Crippen molar-refractivity contribution in [1.29, 1.82) is 0 Å². The van der Waals surface area contributed by atoms with E-state index in [4.69, 9.17) is 14.6 Å². The van der Waals surface area contributed by atoms with E-state index >= 15 is 0 Å². The lowest BCUT2D eigenvalue weighted by atomic mass is 9.84. The normalized spacial score (nSPS) is 22.1. The first-order valence-electron chi connectivity index (χ1n) is 25.3. The van der Waals surface area contributed by atoms with Crippen LogP contribution in [0.25, 0.3) is 33.3 Å². The molecule has 70 heavy (non-hydrogen) atoms. The van der Waals surface area contributed by atoms with Crippen molar-refractivity contribution >= 4 is 40.5 Å². The van der Waals surface area contributed by atoms with Crippen LogP contribution >= 0.6 is 0 Å². The minimum absolute atomic E-state index is 0.137. The Morgan fingerprint density at radius 1 is 1.04 bits per heavy atom. The number of ether oxygens (including phenoxy) is 2. The Hall–Kier alpha value is -5.84. The zero-order valence-electron chi connectivity index (χ0n) is 42.4. The van der Waals surface area contributed by atoms with Crippen molar-refractivity contribution in [2.75, 3.05) is 53.5 Å². The minimum Gasteiger partial charge on any atom is -0.464 e. The van der Waals surface area contributed by atoms with Gasteiger partial charge in [0.25, 0.3) is 5.91 Å². The van der Waals surface area contributed by atoms with Crippen LogP contribution in [-0.4, -0.2) is 130 Å². The first-order valence-corrected chi connectivity index (χ1v) is 25.3. The second-order valence-corrected chi connectivity index (χ2v) is 20.9. The van der Waals surface area contributed by atoms with Crippen LogP contribution in [0.3, 0.4) is 0 Å². The summed E-state index contributed by atoms with van der Waals surface area (Å²) >= 11 is 0. The van der Waals surface area contributed by atoms with Gasteiger partial charge in [-0.2, -0.15) is 5.10 Å². The monoisotopic (exact) mass is 960 g/mol. The van der Waals surface area contributed by atoms with E-state index in [0.29, 0.717) is 45.3 Å². The highest BCUT2D eigenvalue weighted by molar-refractivity contribution is 5.96. The molecule has 3 saturated heterocycles. The van der Waals surface area contributed by atoms with Gasteiger partial charge >= 0.3 is 5.97 Å². The second kappa shape index (κ2) is 21.3. The Morgan fingerprint density at radius 3 is 2.51 bits per heavy atom. The number of carbonyl (C=O) groups is 5. The average Bonchev–Trinajstić information content (AvgIpc) is 4.11. The summed E-state index contributed by atoms with van der Waals surface area (Å²) in [6.45, 7) is 19.5. The molecule has 0 radical (unpaired) electrons. The number of aromatic nitrogens is 3. The van der Waals surface area contributed by atoms with Gasteiger partial charge in [-0.3, -0.25) is 33.7 Å². The van der Waals surface area contributed by atoms with Gasteiger partial charge in [-0.15, -0.1) is 0 Å². The number of aryl methyl sites for hydroxylation is 1. The Balaban J connectivity index is 1.19. The summed E-state index contributed by atoms with van der Waals surface area (Å²) in [7, 11) is 3.36. The van der Waals surface area contributed by atoms with E-state index in [1.807, 2.05) is 32.2 Å². The number of nitrogens with one attached hydrogen (secondary N) is 3. The number of cyclic esters (lactones) is 1. The van der Waals surface area contributed by atoms with Crippen molar-refractivity contribution in [3.8, 4) is 22.4 Å². The number of rotatable bonds is 11. The number of carbonyl (C=O) groups excluding carboxylic acids is 5. The maximum absolute atomic E-state index is 14.8. The topological polar surface area (TPSA) is 172 Å². The maximum Gasteiger partial charge on any atom is 0.324 e. The molecule has 6 bridgehead atoms. The zero-order valence-corrected chi connectivity index (χ0v) is 42.4. The number of methoxy groups -OCH3 is 1. The van der Waals surface area contributed by atoms with E-state index in [0.717, 1.165) is 76.0 Å². The van der Waals surface area contributed by atoms with Crippen molar-refractivity contribution in [2.45, 2.75) is 123 Å². The molecule has 4 amide bonds. The Morgan fingerprint density at radius 2 is 1.80 bits per heavy atom. The number of hydrogen-bond acceptors (Lipinski definition) is 10. The predicted molar refractivity (Wildman–Crippen MR) is 269 cm³/mol. The molecular formula is C54H73N9O7. The molecular weight excluding hydrogens is 887 g/mol. The van der Waals surface area contributed by atoms with E-state index in [1.54, 1.807) is 19.1 Å². The van der Waals surface area contributed by atoms with Crippen LogP contribution in [0.2, 0.25) is 0 Å². The summed E-state index contributed by atoms with van der Waals surface area (Å²) in [5, 5.41) is 14.2. The summed E-state index contributed by atoms with van der Waals surface area (Å²) < 4.78 is 16.9. The average molecular weight is 960 g/mol. The lowest BCUT2D eigenvalue weighted by Crippen LogP contribution is -2.62. The Labute approximate surface area is 412 Å². The number of likely N-dealkylation sites (tertiary alicyclic amines) is 1. The van der Waals surface area contributed by atoms with Gasteiger partial charge in [0.15, 0.2) is 0 Å². The van der Waals surface area contributed by atoms with Crippen LogP contribution in [0, 0.1) is 17.3 Å². The van der Waals surface area contributed by atoms with Gasteiger partial charge in [0.2, 0.25) is 17.7 Å². The van der Waals surface area contributed by atoms with E-state index < -0.39 is 47.2 Å². The number of benzene rings is 2. The molecule has 2 aromatic carbocycles. The molecule has 4 aromatic rings. The second-order valence-electron chi connectivity index (χ2n) is 20.9. The fourth-order valence-electron chi connectivity index (χ4n) is 11.2. The fourth-order valence-corrected chi connectivity index (χ4v) is 11.2. The summed E-state index contributed by atoms with van der Waals surface area (Å²) in [4.78, 5) is 72.8. The molecule has 16 nitrogen and oxygen atoms in total. The van der Waals surface area contributed by atoms with Gasteiger partial charge in [0, 0.05) is 68.6 Å². The number of amides is 4. The lowest BCUT2D eigenvalue weighted by Gasteiger charge is -2.37. The van der Waals surface area contributed by atoms with Gasteiger partial charge in [0.1, 0.15) is 18.1 Å². The number of piperidine rings is 1. The number of hydrazine groups is 1. The summed E-state index contributed by atoms with van der Waals surface area (Å²) in [5.41, 5.74) is 10.8. The molecule has 16 heteroatoms. The van der Waals surface area contributed by atoms with E-state index in [9.17, 15) is 24.0 Å². The molecule has 4 aliphatic rings. The van der Waals surface area contributed by atoms with Crippen LogP contribution in [-0.2, 0) is 52.8 Å². The molecule has 3 fully saturated rings. The van der Waals surface area contributed by atoms with Crippen LogP contribution in [0.15, 0.2) is 61.3 Å². The highest BCUT2D eigenvalue weighted by Gasteiger charge is 2.40. The molecule has 0 spiro atoms. The van der Waals surface area contributed by atoms with E-state index in [1.165, 1.54) is 16.0 Å². The molecule has 0 aliphatic carbocycles. The van der Waals surface area contributed by atoms with Crippen molar-refractivity contribution in [2.24, 2.45) is 17.3 Å². The smallest absolute Gasteiger partial charge is 0.324 e. The molecule has 376 valence electrons. The first kappa shape index (κ1) is 50.5. The maximum atomic E-state index is 14.8. The summed E-state index contributed by atoms with van der Waals surface area (Å²) in [6.07, 6.45) is 7.22. The van der Waals surface area contributed by atoms with Crippen LogP contribution in [0.4, 0.5) is 0 Å². The summed E-state index contributed by atoms with van der Waals surface area (Å²) in [6, 6.07) is 12.2. The van der Waals surface area contributed by atoms with Crippen molar-refractivity contribution in [3.63, 3.8) is 0 Å². The number of esters is 1. The highest BCUT2D eigenvalue weighted by atomic mass is 16.5. The van der Waals surface area contributed by atoms with Gasteiger partial charge in [-0.25, -0.2) is 5.43 Å². The molecule has 1 unspecified atom stereocenters. The third-order valence-electron chi connectivity index (χ3n) is 15.0. The largest absolute Gasteiger partial charge is 0.464 e. The molecule has 0 saturated carbocycles. The lowest BCUT2D eigenvalue weighted by molar-refractivity contribution is -0.155. The Bertz CT molecular complexity index is 2610. The van der Waals surface area contributed by atoms with Gasteiger partial charge in [0.05, 0.1) is 42.3 Å². The van der Waals surface area contributed by atoms with Gasteiger partial charge < -0.3 is 34.5 Å². The van der Waals surface area contributed by atoms with Crippen LogP contribution in [0.1, 0.15) is 103 Å². The molecule has 6 heterocycles. The standard InChI is InChI=1S/C54H73N9O7/c1-10-46(64)60-25-21-38(31-60)51(66)59(8)47(33(3)4)50(65)57-44-27-35-14-12-15-36(26-35)37-17-18-45-40(28-37)41(29-54(6,7)32-70-53(68)43-16-13-24-62(58-43)52(44)67)49(61(45)11-2)42-30-56-63(48(42)34(5)69-9)39-19-22-55-23-20-39/h10,12,14-15,17-18,26,28,30,33-34,38-39,43-44,47,55,58H,1,11,13,16,19-25,27,29,31-32H2,2-9H3,(H,57,65)/t34-,38-,43-,44-,47?/m0/s1. The molecule has 4 aliphatic heterocycles. The molecule has 2 aromatic heterocycles. The van der Waals surface area contributed by atoms with Crippen molar-refractivity contribution < 1.29 is 33.4 Å². The number of hydrogen-bond donors (Lipinski definition) is 3. The number of fused-ring (bicyclic) bond motifs is 6. The predicted octanol–water partition coefficient (Wildman–Crippen LogP) is 5.99. The molecule has 3 N–H and O–H groups in total. The quantitative estimate of drug-likeness (QED) is 0.120. The van der Waals surface area contributed by atoms with E-state index in [-0.39, 0.29) is 49.5 Å². The van der Waals surface area contributed by atoms with E-state index in [2.05, 4.69) is 89.9 Å². The summed E-state index contributed by atoms with van der Waals surface area (Å²) in [5.74, 6) is -2.55. The molecule has 8 rings (SSSR count). The van der Waals surface area contributed by atoms with Crippen molar-refractivity contribution in [1.82, 2.24) is 45.2 Å². The zero-order chi connectivity index (χ0) is 50.0. The third-order valence-corrected chi connectivity index (χ3v) is 15.0. The van der Waals surface area contributed by atoms with Crippen LogP contribution < -0.4 is 16.1 Å². The highest BCUT2D eigenvalue weighted by Crippen LogP contribution is 2.43. The first-order chi connectivity index (χ1) is 33.5. The van der Waals surface area contributed by atoms with Crippen LogP contribution in [0.5, 0.6) is 0 Å². The Kier molecular flexibility index (Phi) is 15.3. The number of nitrogens with zero attached hydrogens (tertiary/aromatic N) is 6. The van der Waals surface area contributed by atoms with Gasteiger partial charge in [-0.1, -0.05) is 64.6 Å². The van der Waals surface area contributed by atoms with Crippen molar-refractivity contribution in [3.05, 3.63) is 78.1 Å². The SMILES string of the molecule is C=CC(=O)N1CC[C@H](C(=O)N(C)C(C(=O)N[C@H]2Cc3cccc(c3)-c3ccc4c(c3)c(c(-c3cnn(C5CCNCC5)c3[C@H](C)OC)n4CC)CC(C)(C)COC(=O)[C@@H]3CCCN(N3)C2=O)C(C)C)C1. The molecule has 5 atom stereocenters.